The second-order valence-electron chi connectivity index (χ2n) is 4.58. The Hall–Kier alpha value is -0.160. The minimum atomic E-state index is -0.639. The minimum absolute atomic E-state index is 0.350. The summed E-state index contributed by atoms with van der Waals surface area (Å²) in [5.41, 5.74) is -0.639. The van der Waals surface area contributed by atoms with Crippen LogP contribution >= 0.6 is 0 Å². The average Bonchev–Trinajstić information content (AvgIpc) is 2.08. The van der Waals surface area contributed by atoms with Crippen LogP contribution in [0, 0.1) is 0 Å². The first-order valence-electron chi connectivity index (χ1n) is 5.16. The molecule has 0 aromatic carbocycles. The van der Waals surface area contributed by atoms with E-state index < -0.39 is 5.60 Å². The van der Waals surface area contributed by atoms with E-state index in [1.165, 1.54) is 0 Å². The number of fused-ring (bicyclic) bond motifs is 2. The molecule has 2 bridgehead atoms. The van der Waals surface area contributed by atoms with Gasteiger partial charge in [-0.25, -0.2) is 0 Å². The molecule has 2 fully saturated rings. The van der Waals surface area contributed by atoms with Crippen LogP contribution in [0.3, 0.4) is 0 Å². The minimum Gasteiger partial charge on any atom is -0.387 e. The van der Waals surface area contributed by atoms with Crippen LogP contribution in [0.25, 0.3) is 0 Å². The Balaban J connectivity index is 2.06. The third-order valence-corrected chi connectivity index (χ3v) is 3.42. The van der Waals surface area contributed by atoms with Crippen molar-refractivity contribution < 1.29 is 14.6 Å². The van der Waals surface area contributed by atoms with Crippen LogP contribution in [0.15, 0.2) is 0 Å². The van der Waals surface area contributed by atoms with E-state index in [9.17, 15) is 5.11 Å². The monoisotopic (exact) mass is 201 g/mol. The average molecular weight is 201 g/mol. The number of likely N-dealkylation sites (N-methyl/N-ethyl adjacent to an activating group) is 1. The van der Waals surface area contributed by atoms with Gasteiger partial charge in [0.25, 0.3) is 0 Å². The van der Waals surface area contributed by atoms with E-state index in [1.54, 1.807) is 7.11 Å². The smallest absolute Gasteiger partial charge is 0.0911 e. The summed E-state index contributed by atoms with van der Waals surface area (Å²) in [5.74, 6) is 0. The first-order chi connectivity index (χ1) is 6.64. The maximum absolute atomic E-state index is 10.3. The summed E-state index contributed by atoms with van der Waals surface area (Å²) < 4.78 is 10.6. The molecule has 4 heteroatoms. The van der Waals surface area contributed by atoms with Gasteiger partial charge in [0.1, 0.15) is 0 Å². The lowest BCUT2D eigenvalue weighted by Gasteiger charge is -2.49. The van der Waals surface area contributed by atoms with E-state index in [4.69, 9.17) is 9.47 Å². The molecule has 1 N–H and O–H groups in total. The quantitative estimate of drug-likeness (QED) is 0.675. The molecule has 2 rings (SSSR count). The van der Waals surface area contributed by atoms with E-state index in [1.807, 2.05) is 0 Å². The van der Waals surface area contributed by atoms with Gasteiger partial charge in [-0.15, -0.1) is 0 Å². The van der Waals surface area contributed by atoms with Gasteiger partial charge in [0.05, 0.1) is 25.4 Å². The van der Waals surface area contributed by atoms with Crippen molar-refractivity contribution in [3.05, 3.63) is 0 Å². The summed E-state index contributed by atoms with van der Waals surface area (Å²) in [6, 6.07) is 0.699. The molecular weight excluding hydrogens is 182 g/mol. The fraction of sp³-hybridized carbons (Fsp3) is 1.00. The summed E-state index contributed by atoms with van der Waals surface area (Å²) in [6.45, 7) is 1.91. The number of morpholine rings is 1. The molecule has 2 aliphatic heterocycles. The first-order valence-corrected chi connectivity index (χ1v) is 5.16. The second-order valence-corrected chi connectivity index (χ2v) is 4.58. The third-order valence-electron chi connectivity index (χ3n) is 3.42. The topological polar surface area (TPSA) is 41.9 Å². The molecule has 0 aromatic rings. The zero-order valence-corrected chi connectivity index (χ0v) is 8.90. The number of hydrogen-bond donors (Lipinski definition) is 1. The maximum Gasteiger partial charge on any atom is 0.0911 e. The van der Waals surface area contributed by atoms with E-state index in [0.29, 0.717) is 18.7 Å². The Morgan fingerprint density at radius 3 is 2.50 bits per heavy atom. The number of piperidine rings is 1. The van der Waals surface area contributed by atoms with E-state index in [-0.39, 0.29) is 0 Å². The van der Waals surface area contributed by atoms with E-state index in [0.717, 1.165) is 26.1 Å². The number of ether oxygens (including phenoxy) is 2. The van der Waals surface area contributed by atoms with Gasteiger partial charge in [0.15, 0.2) is 0 Å². The Kier molecular flexibility index (Phi) is 2.79. The van der Waals surface area contributed by atoms with Crippen molar-refractivity contribution in [2.75, 3.05) is 34.0 Å². The lowest BCUT2D eigenvalue weighted by Crippen LogP contribution is -2.61. The van der Waals surface area contributed by atoms with Gasteiger partial charge in [-0.05, 0) is 19.9 Å². The Labute approximate surface area is 84.8 Å². The van der Waals surface area contributed by atoms with Gasteiger partial charge in [0.2, 0.25) is 0 Å². The van der Waals surface area contributed by atoms with Gasteiger partial charge < -0.3 is 14.6 Å². The van der Waals surface area contributed by atoms with Crippen molar-refractivity contribution in [2.45, 2.75) is 30.5 Å². The lowest BCUT2D eigenvalue weighted by atomic mass is 9.82. The second kappa shape index (κ2) is 3.77. The number of methoxy groups -OCH3 is 1. The summed E-state index contributed by atoms with van der Waals surface area (Å²) >= 11 is 0. The predicted octanol–water partition coefficient (Wildman–Crippen LogP) is -0.143. The summed E-state index contributed by atoms with van der Waals surface area (Å²) in [5, 5.41) is 10.3. The number of nitrogens with zero attached hydrogens (tertiary/aromatic N) is 1. The fourth-order valence-electron chi connectivity index (χ4n) is 2.63. The van der Waals surface area contributed by atoms with Crippen LogP contribution in [0.4, 0.5) is 0 Å². The highest BCUT2D eigenvalue weighted by Crippen LogP contribution is 2.33. The van der Waals surface area contributed by atoms with E-state index in [2.05, 4.69) is 11.9 Å². The molecule has 2 unspecified atom stereocenters. The third kappa shape index (κ3) is 1.80. The summed E-state index contributed by atoms with van der Waals surface area (Å²) in [7, 11) is 3.76. The SMILES string of the molecule is COCC1(O)CC2COCC(C1)N2C. The van der Waals surface area contributed by atoms with Crippen LogP contribution in [0.2, 0.25) is 0 Å². The fourth-order valence-corrected chi connectivity index (χ4v) is 2.63. The molecule has 14 heavy (non-hydrogen) atoms. The van der Waals surface area contributed by atoms with Crippen LogP contribution in [0.5, 0.6) is 0 Å². The first kappa shape index (κ1) is 10.4. The van der Waals surface area contributed by atoms with Crippen molar-refractivity contribution in [3.8, 4) is 0 Å². The number of hydrogen-bond acceptors (Lipinski definition) is 4. The van der Waals surface area contributed by atoms with Crippen LogP contribution in [-0.4, -0.2) is 61.7 Å². The Bertz CT molecular complexity index is 196. The normalized spacial score (nSPS) is 43.9. The van der Waals surface area contributed by atoms with Gasteiger partial charge in [-0.1, -0.05) is 0 Å². The maximum atomic E-state index is 10.3. The molecule has 2 saturated heterocycles. The molecule has 0 aliphatic carbocycles. The van der Waals surface area contributed by atoms with Crippen molar-refractivity contribution in [1.29, 1.82) is 0 Å². The number of aliphatic hydroxyl groups is 1. The van der Waals surface area contributed by atoms with Crippen molar-refractivity contribution in [2.24, 2.45) is 0 Å². The summed E-state index contributed by atoms with van der Waals surface area (Å²) in [4.78, 5) is 2.33. The zero-order chi connectivity index (χ0) is 10.2. The van der Waals surface area contributed by atoms with Gasteiger partial charge in [0, 0.05) is 19.2 Å². The predicted molar refractivity (Wildman–Crippen MR) is 52.2 cm³/mol. The largest absolute Gasteiger partial charge is 0.387 e. The van der Waals surface area contributed by atoms with Crippen molar-refractivity contribution in [3.63, 3.8) is 0 Å². The Morgan fingerprint density at radius 2 is 2.00 bits per heavy atom. The number of rotatable bonds is 2. The molecule has 4 nitrogen and oxygen atoms in total. The zero-order valence-electron chi connectivity index (χ0n) is 8.90. The molecular formula is C10H19NO3. The molecule has 2 aliphatic rings. The highest BCUT2D eigenvalue weighted by atomic mass is 16.5. The highest BCUT2D eigenvalue weighted by Gasteiger charge is 2.44. The molecule has 0 radical (unpaired) electrons. The molecule has 2 atom stereocenters. The Morgan fingerprint density at radius 1 is 1.43 bits per heavy atom. The van der Waals surface area contributed by atoms with Gasteiger partial charge in [-0.2, -0.15) is 0 Å². The van der Waals surface area contributed by atoms with Crippen molar-refractivity contribution >= 4 is 0 Å². The van der Waals surface area contributed by atoms with Gasteiger partial charge in [-0.3, -0.25) is 4.90 Å². The van der Waals surface area contributed by atoms with Crippen LogP contribution in [-0.2, 0) is 9.47 Å². The molecule has 82 valence electrons. The lowest BCUT2D eigenvalue weighted by molar-refractivity contribution is -0.152. The van der Waals surface area contributed by atoms with Crippen LogP contribution < -0.4 is 0 Å². The highest BCUT2D eigenvalue weighted by molar-refractivity contribution is 4.98. The standard InChI is InChI=1S/C10H19NO3/c1-11-8-3-10(12,7-13-2)4-9(11)6-14-5-8/h8-9,12H,3-7H2,1-2H3. The van der Waals surface area contributed by atoms with Crippen molar-refractivity contribution in [1.82, 2.24) is 4.90 Å². The van der Waals surface area contributed by atoms with Gasteiger partial charge >= 0.3 is 0 Å². The molecule has 0 aromatic heterocycles. The molecule has 0 saturated carbocycles. The molecule has 2 heterocycles. The van der Waals surface area contributed by atoms with E-state index >= 15 is 0 Å². The summed E-state index contributed by atoms with van der Waals surface area (Å²) in [6.07, 6.45) is 1.52. The van der Waals surface area contributed by atoms with Crippen LogP contribution in [0.1, 0.15) is 12.8 Å². The molecule has 0 spiro atoms. The molecule has 0 amide bonds.